The van der Waals surface area contributed by atoms with Gasteiger partial charge >= 0.3 is 0 Å². The minimum absolute atomic E-state index is 0. The molecule has 0 bridgehead atoms. The van der Waals surface area contributed by atoms with E-state index in [1.54, 1.807) is 0 Å². The third-order valence-corrected chi connectivity index (χ3v) is 0.688. The van der Waals surface area contributed by atoms with Crippen LogP contribution in [0.4, 0.5) is 0 Å². The molecule has 0 aromatic rings. The maximum Gasteiger partial charge on any atom is 0.234 e. The van der Waals surface area contributed by atoms with Crippen LogP contribution in [0.2, 0.25) is 0 Å². The minimum atomic E-state index is 0. The van der Waals surface area contributed by atoms with Crippen molar-refractivity contribution < 1.29 is 4.79 Å². The number of rotatable bonds is 3. The molecule has 0 amide bonds. The predicted molar refractivity (Wildman–Crippen MR) is 39.2 cm³/mol. The molecule has 0 N–H and O–H groups in total. The van der Waals surface area contributed by atoms with Crippen LogP contribution in [0.3, 0.4) is 0 Å². The average Bonchev–Trinajstić information content (AvgIpc) is 1.69. The van der Waals surface area contributed by atoms with Crippen molar-refractivity contribution in [2.45, 2.75) is 19.8 Å². The molecule has 0 radical (unpaired) electrons. The summed E-state index contributed by atoms with van der Waals surface area (Å²) in [6, 6.07) is 0. The van der Waals surface area contributed by atoms with Gasteiger partial charge in [-0.3, -0.25) is 0 Å². The van der Waals surface area contributed by atoms with E-state index in [9.17, 15) is 4.79 Å². The highest BCUT2D eigenvalue weighted by Crippen LogP contribution is 1.83. The summed E-state index contributed by atoms with van der Waals surface area (Å²) in [5.41, 5.74) is 0. The molecule has 0 aliphatic carbocycles. The van der Waals surface area contributed by atoms with Gasteiger partial charge in [-0.2, -0.15) is 0 Å². The molecular formula is C5H13NOSi. The molecule has 0 saturated carbocycles. The molecule has 8 heavy (non-hydrogen) atoms. The molecule has 0 aromatic carbocycles. The first-order valence-electron chi connectivity index (χ1n) is 2.45. The Bertz CT molecular complexity index is 78.5. The van der Waals surface area contributed by atoms with Gasteiger partial charge in [0.25, 0.3) is 0 Å². The molecule has 0 spiro atoms. The molecule has 0 saturated heterocycles. The van der Waals surface area contributed by atoms with Crippen molar-refractivity contribution >= 4 is 17.0 Å². The van der Waals surface area contributed by atoms with Crippen molar-refractivity contribution in [1.82, 2.24) is 0 Å². The molecule has 0 aliphatic rings. The van der Waals surface area contributed by atoms with E-state index in [0.29, 0.717) is 6.54 Å². The summed E-state index contributed by atoms with van der Waals surface area (Å²) in [4.78, 5) is 12.7. The van der Waals surface area contributed by atoms with Gasteiger partial charge in [-0.15, -0.1) is 0 Å². The maximum atomic E-state index is 9.39. The van der Waals surface area contributed by atoms with Gasteiger partial charge in [-0.05, 0) is 17.4 Å². The Kier molecular flexibility index (Phi) is 12.9. The van der Waals surface area contributed by atoms with Crippen LogP contribution in [-0.2, 0) is 4.79 Å². The summed E-state index contributed by atoms with van der Waals surface area (Å²) in [6.45, 7) is 2.69. The Morgan fingerprint density at radius 3 is 2.62 bits per heavy atom. The van der Waals surface area contributed by atoms with Crippen molar-refractivity contribution in [3.05, 3.63) is 0 Å². The monoisotopic (exact) mass is 131 g/mol. The Hall–Kier alpha value is -0.403. The third-order valence-electron chi connectivity index (χ3n) is 0.688. The number of hydrogen-bond donors (Lipinski definition) is 0. The van der Waals surface area contributed by atoms with E-state index in [1.807, 2.05) is 0 Å². The zero-order valence-electron chi connectivity index (χ0n) is 4.48. The van der Waals surface area contributed by atoms with Crippen LogP contribution >= 0.6 is 0 Å². The Labute approximate surface area is 54.0 Å². The fourth-order valence-electron chi connectivity index (χ4n) is 0.283. The first kappa shape index (κ1) is 10.6. The summed E-state index contributed by atoms with van der Waals surface area (Å²) < 4.78 is 0. The van der Waals surface area contributed by atoms with Crippen LogP contribution in [0, 0.1) is 0 Å². The van der Waals surface area contributed by atoms with E-state index < -0.39 is 0 Å². The lowest BCUT2D eigenvalue weighted by Crippen LogP contribution is -1.74. The zero-order valence-corrected chi connectivity index (χ0v) is 4.48. The highest BCUT2D eigenvalue weighted by molar-refractivity contribution is 5.75. The summed E-state index contributed by atoms with van der Waals surface area (Å²) >= 11 is 0. The topological polar surface area (TPSA) is 29.4 Å². The van der Waals surface area contributed by atoms with Crippen LogP contribution in [0.5, 0.6) is 0 Å². The van der Waals surface area contributed by atoms with Crippen molar-refractivity contribution in [1.29, 1.82) is 0 Å². The van der Waals surface area contributed by atoms with Gasteiger partial charge in [0.15, 0.2) is 0 Å². The lowest BCUT2D eigenvalue weighted by molar-refractivity contribution is 0.562. The number of aliphatic imine (C=N–C) groups is 1. The highest BCUT2D eigenvalue weighted by Gasteiger charge is 1.74. The number of nitrogens with zero attached hydrogens (tertiary/aromatic N) is 1. The smallest absolute Gasteiger partial charge is 0.211 e. The van der Waals surface area contributed by atoms with E-state index in [4.69, 9.17) is 0 Å². The van der Waals surface area contributed by atoms with Gasteiger partial charge < -0.3 is 0 Å². The first-order valence-corrected chi connectivity index (χ1v) is 2.45. The van der Waals surface area contributed by atoms with Gasteiger partial charge in [0.1, 0.15) is 0 Å². The summed E-state index contributed by atoms with van der Waals surface area (Å²) in [6.07, 6.45) is 3.56. The standard InChI is InChI=1S/C5H9NO.H4Si/c1-2-3-4-6-5-7;/h2-4H2,1H3;1H4. The molecule has 0 heterocycles. The highest BCUT2D eigenvalue weighted by atomic mass is 28.1. The van der Waals surface area contributed by atoms with Crippen LogP contribution in [0.1, 0.15) is 19.8 Å². The van der Waals surface area contributed by atoms with Gasteiger partial charge in [0.2, 0.25) is 6.08 Å². The Morgan fingerprint density at radius 1 is 1.62 bits per heavy atom. The number of isocyanates is 1. The molecule has 3 heteroatoms. The summed E-state index contributed by atoms with van der Waals surface area (Å²) in [5.74, 6) is 0. The van der Waals surface area contributed by atoms with Crippen LogP contribution in [0.25, 0.3) is 0 Å². The van der Waals surface area contributed by atoms with Crippen LogP contribution in [-0.4, -0.2) is 23.6 Å². The van der Waals surface area contributed by atoms with Gasteiger partial charge in [0, 0.05) is 0 Å². The molecule has 0 fully saturated rings. The number of hydrogen-bond acceptors (Lipinski definition) is 2. The summed E-state index contributed by atoms with van der Waals surface area (Å²) in [5, 5.41) is 0. The molecular weight excluding hydrogens is 118 g/mol. The third kappa shape index (κ3) is 9.14. The minimum Gasteiger partial charge on any atom is -0.211 e. The molecule has 2 nitrogen and oxygen atoms in total. The van der Waals surface area contributed by atoms with Gasteiger partial charge in [-0.1, -0.05) is 13.3 Å². The predicted octanol–water partition coefficient (Wildman–Crippen LogP) is -0.329. The van der Waals surface area contributed by atoms with Crippen molar-refractivity contribution in [2.24, 2.45) is 4.99 Å². The van der Waals surface area contributed by atoms with Crippen molar-refractivity contribution in [3.63, 3.8) is 0 Å². The zero-order chi connectivity index (χ0) is 5.54. The fraction of sp³-hybridized carbons (Fsp3) is 0.800. The van der Waals surface area contributed by atoms with E-state index in [1.165, 1.54) is 6.08 Å². The number of carbonyl (C=O) groups excluding carboxylic acids is 1. The van der Waals surface area contributed by atoms with E-state index in [-0.39, 0.29) is 11.0 Å². The second-order valence-corrected chi connectivity index (χ2v) is 1.33. The molecule has 0 aliphatic heterocycles. The SMILES string of the molecule is CCCCN=C=O.[SiH4]. The van der Waals surface area contributed by atoms with E-state index in [0.717, 1.165) is 12.8 Å². The lowest BCUT2D eigenvalue weighted by Gasteiger charge is -1.80. The normalized spacial score (nSPS) is 6.62. The second-order valence-electron chi connectivity index (χ2n) is 1.33. The van der Waals surface area contributed by atoms with Gasteiger partial charge in [-0.25, -0.2) is 9.79 Å². The Morgan fingerprint density at radius 2 is 2.25 bits per heavy atom. The summed E-state index contributed by atoms with van der Waals surface area (Å²) in [7, 11) is 0. The first-order chi connectivity index (χ1) is 3.41. The number of unbranched alkanes of at least 4 members (excludes halogenated alkanes) is 1. The second kappa shape index (κ2) is 9.78. The fourth-order valence-corrected chi connectivity index (χ4v) is 0.283. The Balaban J connectivity index is 0. The van der Waals surface area contributed by atoms with E-state index >= 15 is 0 Å². The maximum absolute atomic E-state index is 9.39. The van der Waals surface area contributed by atoms with E-state index in [2.05, 4.69) is 11.9 Å². The lowest BCUT2D eigenvalue weighted by atomic mass is 10.3. The average molecular weight is 131 g/mol. The van der Waals surface area contributed by atoms with Crippen LogP contribution < -0.4 is 0 Å². The largest absolute Gasteiger partial charge is 0.234 e. The quantitative estimate of drug-likeness (QED) is 0.223. The molecule has 48 valence electrons. The van der Waals surface area contributed by atoms with Crippen molar-refractivity contribution in [2.75, 3.05) is 6.54 Å². The molecule has 0 rings (SSSR count). The molecule has 0 unspecified atom stereocenters. The molecule has 0 aromatic heterocycles. The van der Waals surface area contributed by atoms with Crippen molar-refractivity contribution in [3.8, 4) is 0 Å². The van der Waals surface area contributed by atoms with Crippen LogP contribution in [0.15, 0.2) is 4.99 Å². The molecule has 0 atom stereocenters. The van der Waals surface area contributed by atoms with Gasteiger partial charge in [0.05, 0.1) is 6.54 Å².